The minimum Gasteiger partial charge on any atom is -0.506 e. The molecule has 5 heteroatoms. The van der Waals surface area contributed by atoms with Gasteiger partial charge in [0.25, 0.3) is 5.91 Å². The summed E-state index contributed by atoms with van der Waals surface area (Å²) < 4.78 is 5.26. The van der Waals surface area contributed by atoms with Gasteiger partial charge in [-0.15, -0.1) is 11.8 Å². The number of methoxy groups -OCH3 is 1. The summed E-state index contributed by atoms with van der Waals surface area (Å²) in [5.74, 6) is 0.229. The van der Waals surface area contributed by atoms with Gasteiger partial charge in [-0.25, -0.2) is 0 Å². The highest BCUT2D eigenvalue weighted by Crippen LogP contribution is 2.28. The van der Waals surface area contributed by atoms with Crippen LogP contribution < -0.4 is 10.1 Å². The molecule has 0 fully saturated rings. The molecule has 2 aromatic carbocycles. The van der Waals surface area contributed by atoms with Crippen LogP contribution in [0.15, 0.2) is 41.3 Å². The third-order valence-corrected chi connectivity index (χ3v) is 3.78. The van der Waals surface area contributed by atoms with Gasteiger partial charge in [-0.2, -0.15) is 0 Å². The number of amides is 1. The molecule has 4 nitrogen and oxygen atoms in total. The normalized spacial score (nSPS) is 10.2. The molecule has 1 amide bonds. The van der Waals surface area contributed by atoms with E-state index >= 15 is 0 Å². The standard InChI is InChI=1S/C16H17NO3S/c1-10-4-7-13(14(18)8-10)17-16(19)12-6-5-11(21-3)9-15(12)20-2/h4-9,18H,1-3H3,(H,17,19). The lowest BCUT2D eigenvalue weighted by Crippen LogP contribution is -2.13. The third kappa shape index (κ3) is 3.49. The van der Waals surface area contributed by atoms with Gasteiger partial charge in [0.1, 0.15) is 11.5 Å². The number of benzene rings is 2. The minimum atomic E-state index is -0.321. The second-order valence-corrected chi connectivity index (χ2v) is 5.42. The van der Waals surface area contributed by atoms with E-state index < -0.39 is 0 Å². The number of carbonyl (C=O) groups is 1. The number of nitrogens with one attached hydrogen (secondary N) is 1. The van der Waals surface area contributed by atoms with Crippen molar-refractivity contribution in [3.63, 3.8) is 0 Å². The van der Waals surface area contributed by atoms with Gasteiger partial charge in [-0.05, 0) is 49.1 Å². The van der Waals surface area contributed by atoms with E-state index in [1.165, 1.54) is 7.11 Å². The monoisotopic (exact) mass is 303 g/mol. The van der Waals surface area contributed by atoms with Crippen molar-refractivity contribution in [1.82, 2.24) is 0 Å². The number of aryl methyl sites for hydroxylation is 1. The molecule has 0 atom stereocenters. The average molecular weight is 303 g/mol. The zero-order valence-electron chi connectivity index (χ0n) is 12.1. The maximum atomic E-state index is 12.3. The van der Waals surface area contributed by atoms with Crippen LogP contribution in [0.4, 0.5) is 5.69 Å². The van der Waals surface area contributed by atoms with Crippen LogP contribution in [0.2, 0.25) is 0 Å². The summed E-state index contributed by atoms with van der Waals surface area (Å²) in [4.78, 5) is 13.3. The highest BCUT2D eigenvalue weighted by Gasteiger charge is 2.14. The van der Waals surface area contributed by atoms with Crippen LogP contribution >= 0.6 is 11.8 Å². The number of hydrogen-bond acceptors (Lipinski definition) is 4. The van der Waals surface area contributed by atoms with Crippen molar-refractivity contribution < 1.29 is 14.6 Å². The van der Waals surface area contributed by atoms with Crippen LogP contribution in [-0.2, 0) is 0 Å². The van der Waals surface area contributed by atoms with E-state index in [1.807, 2.05) is 31.4 Å². The average Bonchev–Trinajstić information content (AvgIpc) is 2.49. The molecule has 21 heavy (non-hydrogen) atoms. The van der Waals surface area contributed by atoms with E-state index in [-0.39, 0.29) is 11.7 Å². The Balaban J connectivity index is 2.28. The summed E-state index contributed by atoms with van der Waals surface area (Å²) in [6.07, 6.45) is 1.96. The Kier molecular flexibility index (Phi) is 4.75. The Hall–Kier alpha value is -2.14. The first-order valence-corrected chi connectivity index (χ1v) is 7.60. The number of carbonyl (C=O) groups excluding carboxylic acids is 1. The second-order valence-electron chi connectivity index (χ2n) is 4.54. The molecule has 2 rings (SSSR count). The van der Waals surface area contributed by atoms with Gasteiger partial charge in [0.05, 0.1) is 18.4 Å². The molecule has 0 aliphatic rings. The molecule has 0 aliphatic carbocycles. The maximum absolute atomic E-state index is 12.3. The summed E-state index contributed by atoms with van der Waals surface area (Å²) in [6, 6.07) is 10.5. The third-order valence-electron chi connectivity index (χ3n) is 3.05. The van der Waals surface area contributed by atoms with E-state index in [1.54, 1.807) is 30.0 Å². The molecular weight excluding hydrogens is 286 g/mol. The Morgan fingerprint density at radius 1 is 1.24 bits per heavy atom. The molecule has 0 saturated carbocycles. The minimum absolute atomic E-state index is 0.0445. The van der Waals surface area contributed by atoms with Crippen molar-refractivity contribution in [2.75, 3.05) is 18.7 Å². The Morgan fingerprint density at radius 3 is 2.62 bits per heavy atom. The Bertz CT molecular complexity index is 671. The number of anilines is 1. The lowest BCUT2D eigenvalue weighted by atomic mass is 10.1. The van der Waals surface area contributed by atoms with E-state index in [9.17, 15) is 9.90 Å². The lowest BCUT2D eigenvalue weighted by Gasteiger charge is -2.11. The van der Waals surface area contributed by atoms with E-state index in [0.29, 0.717) is 17.0 Å². The SMILES string of the molecule is COc1cc(SC)ccc1C(=O)Nc1ccc(C)cc1O. The van der Waals surface area contributed by atoms with Crippen LogP contribution in [0, 0.1) is 6.92 Å². The first-order chi connectivity index (χ1) is 10.0. The zero-order valence-corrected chi connectivity index (χ0v) is 13.0. The predicted molar refractivity (Wildman–Crippen MR) is 85.6 cm³/mol. The van der Waals surface area contributed by atoms with Gasteiger partial charge < -0.3 is 15.2 Å². The van der Waals surface area contributed by atoms with Crippen LogP contribution in [-0.4, -0.2) is 24.4 Å². The van der Waals surface area contributed by atoms with E-state index in [4.69, 9.17) is 4.74 Å². The van der Waals surface area contributed by atoms with Crippen LogP contribution in [0.25, 0.3) is 0 Å². The molecule has 0 heterocycles. The van der Waals surface area contributed by atoms with Crippen molar-refractivity contribution in [3.8, 4) is 11.5 Å². The number of ether oxygens (including phenoxy) is 1. The highest BCUT2D eigenvalue weighted by molar-refractivity contribution is 7.98. The molecule has 2 aromatic rings. The molecule has 0 unspecified atom stereocenters. The summed E-state index contributed by atoms with van der Waals surface area (Å²) in [5, 5.41) is 12.5. The quantitative estimate of drug-likeness (QED) is 0.668. The zero-order chi connectivity index (χ0) is 15.4. The maximum Gasteiger partial charge on any atom is 0.259 e. The smallest absolute Gasteiger partial charge is 0.259 e. The molecule has 0 saturated heterocycles. The van der Waals surface area contributed by atoms with Crippen molar-refractivity contribution in [2.24, 2.45) is 0 Å². The second kappa shape index (κ2) is 6.54. The van der Waals surface area contributed by atoms with Gasteiger partial charge in [0.15, 0.2) is 0 Å². The Labute approximate surface area is 128 Å². The van der Waals surface area contributed by atoms with Crippen LogP contribution in [0.1, 0.15) is 15.9 Å². The largest absolute Gasteiger partial charge is 0.506 e. The number of hydrogen-bond donors (Lipinski definition) is 2. The van der Waals surface area contributed by atoms with Crippen LogP contribution in [0.3, 0.4) is 0 Å². The van der Waals surface area contributed by atoms with Crippen molar-refractivity contribution >= 4 is 23.4 Å². The summed E-state index contributed by atoms with van der Waals surface area (Å²) in [5.41, 5.74) is 1.73. The van der Waals surface area contributed by atoms with E-state index in [0.717, 1.165) is 10.5 Å². The van der Waals surface area contributed by atoms with Crippen molar-refractivity contribution in [1.29, 1.82) is 0 Å². The molecule has 0 aliphatic heterocycles. The van der Waals surface area contributed by atoms with Gasteiger partial charge in [0.2, 0.25) is 0 Å². The first-order valence-electron chi connectivity index (χ1n) is 6.38. The molecule has 0 spiro atoms. The van der Waals surface area contributed by atoms with Crippen molar-refractivity contribution in [2.45, 2.75) is 11.8 Å². The van der Waals surface area contributed by atoms with Gasteiger partial charge in [-0.1, -0.05) is 6.07 Å². The summed E-state index contributed by atoms with van der Waals surface area (Å²) in [6.45, 7) is 1.87. The fourth-order valence-electron chi connectivity index (χ4n) is 1.92. The number of phenols is 1. The van der Waals surface area contributed by atoms with Gasteiger partial charge in [0, 0.05) is 4.90 Å². The van der Waals surface area contributed by atoms with E-state index in [2.05, 4.69) is 5.32 Å². The molecule has 0 aromatic heterocycles. The lowest BCUT2D eigenvalue weighted by molar-refractivity contribution is 0.102. The molecule has 0 radical (unpaired) electrons. The molecule has 110 valence electrons. The number of rotatable bonds is 4. The first kappa shape index (κ1) is 15.3. The predicted octanol–water partition coefficient (Wildman–Crippen LogP) is 3.68. The van der Waals surface area contributed by atoms with Crippen LogP contribution in [0.5, 0.6) is 11.5 Å². The summed E-state index contributed by atoms with van der Waals surface area (Å²) in [7, 11) is 1.53. The fraction of sp³-hybridized carbons (Fsp3) is 0.188. The topological polar surface area (TPSA) is 58.6 Å². The number of phenolic OH excluding ortho intramolecular Hbond substituents is 1. The highest BCUT2D eigenvalue weighted by atomic mass is 32.2. The number of thioether (sulfide) groups is 1. The molecule has 2 N–H and O–H groups in total. The molecular formula is C16H17NO3S. The Morgan fingerprint density at radius 2 is 2.00 bits per heavy atom. The van der Waals surface area contributed by atoms with Crippen molar-refractivity contribution in [3.05, 3.63) is 47.5 Å². The summed E-state index contributed by atoms with van der Waals surface area (Å²) >= 11 is 1.58. The fourth-order valence-corrected chi connectivity index (χ4v) is 2.35. The van der Waals surface area contributed by atoms with Gasteiger partial charge in [-0.3, -0.25) is 4.79 Å². The number of aromatic hydroxyl groups is 1. The van der Waals surface area contributed by atoms with Gasteiger partial charge >= 0.3 is 0 Å². The molecule has 0 bridgehead atoms.